The summed E-state index contributed by atoms with van der Waals surface area (Å²) in [5.74, 6) is 3.36. The standard InChI is InChI=1S/C14H23NS/c1-2-15-9-13(1)16-14-6-10-3-11(7-14)5-12(4-10)8-14/h10-13,15H,1-9H2. The van der Waals surface area contributed by atoms with Crippen molar-refractivity contribution in [2.75, 3.05) is 13.1 Å². The van der Waals surface area contributed by atoms with E-state index in [9.17, 15) is 0 Å². The Labute approximate surface area is 103 Å². The van der Waals surface area contributed by atoms with E-state index in [1.54, 1.807) is 38.5 Å². The topological polar surface area (TPSA) is 12.0 Å². The maximum atomic E-state index is 3.53. The van der Waals surface area contributed by atoms with Crippen LogP contribution >= 0.6 is 11.8 Å². The van der Waals surface area contributed by atoms with Crippen LogP contribution in [0.3, 0.4) is 0 Å². The summed E-state index contributed by atoms with van der Waals surface area (Å²) in [6.07, 6.45) is 10.9. The SMILES string of the molecule is C1CC(SC23CC4CC(CC(C4)C2)C3)CN1. The van der Waals surface area contributed by atoms with Crippen molar-refractivity contribution < 1.29 is 0 Å². The van der Waals surface area contributed by atoms with E-state index < -0.39 is 0 Å². The van der Waals surface area contributed by atoms with Gasteiger partial charge in [-0.2, -0.15) is 11.8 Å². The molecule has 1 atom stereocenters. The van der Waals surface area contributed by atoms with E-state index in [1.165, 1.54) is 19.5 Å². The van der Waals surface area contributed by atoms with E-state index in [4.69, 9.17) is 0 Å². The van der Waals surface area contributed by atoms with Gasteiger partial charge in [0.05, 0.1) is 0 Å². The van der Waals surface area contributed by atoms with Crippen molar-refractivity contribution in [2.24, 2.45) is 17.8 Å². The summed E-state index contributed by atoms with van der Waals surface area (Å²) >= 11 is 2.40. The van der Waals surface area contributed by atoms with Gasteiger partial charge in [0.25, 0.3) is 0 Å². The highest BCUT2D eigenvalue weighted by Crippen LogP contribution is 2.61. The zero-order chi connectivity index (χ0) is 10.6. The Morgan fingerprint density at radius 2 is 1.56 bits per heavy atom. The first-order chi connectivity index (χ1) is 7.81. The van der Waals surface area contributed by atoms with Crippen LogP contribution in [0.25, 0.3) is 0 Å². The zero-order valence-electron chi connectivity index (χ0n) is 10.1. The first-order valence-corrected chi connectivity index (χ1v) is 8.08. The van der Waals surface area contributed by atoms with Crippen molar-refractivity contribution in [3.05, 3.63) is 0 Å². The molecule has 4 bridgehead atoms. The summed E-state index contributed by atoms with van der Waals surface area (Å²) < 4.78 is 0.742. The fourth-order valence-corrected chi connectivity index (χ4v) is 7.40. The van der Waals surface area contributed by atoms with Crippen molar-refractivity contribution in [1.29, 1.82) is 0 Å². The molecule has 1 aliphatic heterocycles. The summed E-state index contributed by atoms with van der Waals surface area (Å²) in [5, 5.41) is 4.48. The molecule has 2 heteroatoms. The lowest BCUT2D eigenvalue weighted by Crippen LogP contribution is -2.49. The van der Waals surface area contributed by atoms with Crippen molar-refractivity contribution in [3.63, 3.8) is 0 Å². The smallest absolute Gasteiger partial charge is 0.0190 e. The van der Waals surface area contributed by atoms with Crippen LogP contribution in [-0.4, -0.2) is 23.1 Å². The second-order valence-corrected chi connectivity index (χ2v) is 8.60. The van der Waals surface area contributed by atoms with Crippen LogP contribution in [0, 0.1) is 17.8 Å². The van der Waals surface area contributed by atoms with Crippen LogP contribution < -0.4 is 5.32 Å². The molecule has 16 heavy (non-hydrogen) atoms. The van der Waals surface area contributed by atoms with Gasteiger partial charge in [0.15, 0.2) is 0 Å². The van der Waals surface area contributed by atoms with E-state index in [0.717, 1.165) is 27.8 Å². The van der Waals surface area contributed by atoms with Crippen molar-refractivity contribution in [1.82, 2.24) is 5.32 Å². The molecule has 0 aromatic rings. The molecule has 1 nitrogen and oxygen atoms in total. The largest absolute Gasteiger partial charge is 0.316 e. The number of thioether (sulfide) groups is 1. The second kappa shape index (κ2) is 3.65. The minimum absolute atomic E-state index is 0.742. The molecule has 1 saturated heterocycles. The van der Waals surface area contributed by atoms with E-state index >= 15 is 0 Å². The molecule has 0 radical (unpaired) electrons. The summed E-state index contributed by atoms with van der Waals surface area (Å²) in [7, 11) is 0. The van der Waals surface area contributed by atoms with E-state index in [-0.39, 0.29) is 0 Å². The highest BCUT2D eigenvalue weighted by atomic mass is 32.2. The molecule has 5 rings (SSSR count). The Kier molecular flexibility index (Phi) is 2.34. The molecule has 1 heterocycles. The molecular weight excluding hydrogens is 214 g/mol. The Morgan fingerprint density at radius 3 is 2.06 bits per heavy atom. The second-order valence-electron chi connectivity index (χ2n) is 6.83. The first kappa shape index (κ1) is 10.3. The van der Waals surface area contributed by atoms with Crippen molar-refractivity contribution in [2.45, 2.75) is 54.9 Å². The third kappa shape index (κ3) is 1.64. The highest BCUT2D eigenvalue weighted by Gasteiger charge is 2.51. The molecule has 0 spiro atoms. The fraction of sp³-hybridized carbons (Fsp3) is 1.00. The number of hydrogen-bond acceptors (Lipinski definition) is 2. The molecule has 0 amide bonds. The lowest BCUT2D eigenvalue weighted by atomic mass is 9.56. The van der Waals surface area contributed by atoms with Crippen molar-refractivity contribution in [3.8, 4) is 0 Å². The molecule has 5 aliphatic rings. The lowest BCUT2D eigenvalue weighted by molar-refractivity contribution is 0.0381. The third-order valence-electron chi connectivity index (χ3n) is 5.41. The number of hydrogen-bond donors (Lipinski definition) is 1. The summed E-state index contributed by atoms with van der Waals surface area (Å²) in [5.41, 5.74) is 0. The maximum absolute atomic E-state index is 3.53. The van der Waals surface area contributed by atoms with Crippen LogP contribution in [0.4, 0.5) is 0 Å². The van der Waals surface area contributed by atoms with Gasteiger partial charge < -0.3 is 5.32 Å². The molecule has 4 saturated carbocycles. The van der Waals surface area contributed by atoms with Crippen LogP contribution in [0.5, 0.6) is 0 Å². The van der Waals surface area contributed by atoms with Gasteiger partial charge in [-0.1, -0.05) is 0 Å². The van der Waals surface area contributed by atoms with Crippen LogP contribution in [0.2, 0.25) is 0 Å². The normalized spacial score (nSPS) is 54.8. The third-order valence-corrected chi connectivity index (χ3v) is 7.15. The Balaban J connectivity index is 1.52. The van der Waals surface area contributed by atoms with Gasteiger partial charge in [0.2, 0.25) is 0 Å². The molecule has 1 N–H and O–H groups in total. The van der Waals surface area contributed by atoms with Crippen LogP contribution in [-0.2, 0) is 0 Å². The van der Waals surface area contributed by atoms with Gasteiger partial charge in [-0.05, 0) is 69.2 Å². The van der Waals surface area contributed by atoms with Gasteiger partial charge in [-0.15, -0.1) is 0 Å². The van der Waals surface area contributed by atoms with Gasteiger partial charge in [0.1, 0.15) is 0 Å². The lowest BCUT2D eigenvalue weighted by Gasteiger charge is -2.57. The fourth-order valence-electron chi connectivity index (χ4n) is 5.26. The number of rotatable bonds is 2. The summed E-state index contributed by atoms with van der Waals surface area (Å²) in [4.78, 5) is 0. The molecule has 4 aliphatic carbocycles. The van der Waals surface area contributed by atoms with E-state index in [2.05, 4.69) is 17.1 Å². The maximum Gasteiger partial charge on any atom is 0.0190 e. The minimum Gasteiger partial charge on any atom is -0.316 e. The minimum atomic E-state index is 0.742. The zero-order valence-corrected chi connectivity index (χ0v) is 10.9. The molecule has 5 fully saturated rings. The summed E-state index contributed by atoms with van der Waals surface area (Å²) in [6, 6.07) is 0. The highest BCUT2D eigenvalue weighted by molar-refractivity contribution is 8.01. The Morgan fingerprint density at radius 1 is 0.938 bits per heavy atom. The van der Waals surface area contributed by atoms with Gasteiger partial charge in [-0.3, -0.25) is 0 Å². The predicted octanol–water partition coefficient (Wildman–Crippen LogP) is 3.05. The van der Waals surface area contributed by atoms with Gasteiger partial charge in [0, 0.05) is 16.5 Å². The van der Waals surface area contributed by atoms with Crippen LogP contribution in [0.1, 0.15) is 44.9 Å². The van der Waals surface area contributed by atoms with Crippen LogP contribution in [0.15, 0.2) is 0 Å². The van der Waals surface area contributed by atoms with Crippen molar-refractivity contribution >= 4 is 11.8 Å². The van der Waals surface area contributed by atoms with Gasteiger partial charge >= 0.3 is 0 Å². The summed E-state index contributed by atoms with van der Waals surface area (Å²) in [6.45, 7) is 2.55. The Hall–Kier alpha value is 0.310. The Bertz CT molecular complexity index is 247. The average molecular weight is 237 g/mol. The number of nitrogens with one attached hydrogen (secondary N) is 1. The van der Waals surface area contributed by atoms with E-state index in [1.807, 2.05) is 0 Å². The monoisotopic (exact) mass is 237 g/mol. The predicted molar refractivity (Wildman–Crippen MR) is 69.8 cm³/mol. The quantitative estimate of drug-likeness (QED) is 0.792. The molecule has 90 valence electrons. The van der Waals surface area contributed by atoms with E-state index in [0.29, 0.717) is 0 Å². The molecular formula is C14H23NS. The molecule has 1 unspecified atom stereocenters. The van der Waals surface area contributed by atoms with Gasteiger partial charge in [-0.25, -0.2) is 0 Å². The average Bonchev–Trinajstić information content (AvgIpc) is 2.66. The molecule has 0 aromatic carbocycles. The molecule has 0 aromatic heterocycles. The first-order valence-electron chi connectivity index (χ1n) is 7.20.